The van der Waals surface area contributed by atoms with E-state index in [1.54, 1.807) is 16.8 Å². The second kappa shape index (κ2) is 14.1. The summed E-state index contributed by atoms with van der Waals surface area (Å²) in [5.74, 6) is 1.96. The molecule has 0 bridgehead atoms. The fourth-order valence-electron chi connectivity index (χ4n) is 5.26. The van der Waals surface area contributed by atoms with E-state index in [2.05, 4.69) is 9.80 Å². The predicted octanol–water partition coefficient (Wildman–Crippen LogP) is 2.59. The maximum atomic E-state index is 11.9. The number of aromatic nitrogens is 2. The molecular formula is C28H38N6O6S2. The molecule has 0 aliphatic carbocycles. The van der Waals surface area contributed by atoms with Crippen LogP contribution in [-0.4, -0.2) is 110 Å². The minimum absolute atomic E-state index is 0.000210. The average Bonchev–Trinajstić information content (AvgIpc) is 3.47. The fourth-order valence-corrected chi connectivity index (χ4v) is 6.93. The Morgan fingerprint density at radius 1 is 1.10 bits per heavy atom. The number of sulfonamides is 1. The number of carbonyl (C=O) groups excluding carboxylic acids is 1. The Morgan fingerprint density at radius 2 is 1.88 bits per heavy atom. The molecule has 0 radical (unpaired) electrons. The van der Waals surface area contributed by atoms with Crippen LogP contribution in [0.25, 0.3) is 21.6 Å². The van der Waals surface area contributed by atoms with E-state index < -0.39 is 10.0 Å². The highest BCUT2D eigenvalue weighted by molar-refractivity contribution is 7.88. The third-order valence-corrected chi connectivity index (χ3v) is 9.74. The first-order valence-corrected chi connectivity index (χ1v) is 17.0. The van der Waals surface area contributed by atoms with E-state index in [4.69, 9.17) is 24.6 Å². The number of piperazine rings is 1. The lowest BCUT2D eigenvalue weighted by atomic mass is 10.2. The summed E-state index contributed by atoms with van der Waals surface area (Å²) in [6, 6.07) is 9.80. The molecule has 2 aromatic heterocycles. The number of anilines is 1. The van der Waals surface area contributed by atoms with Crippen molar-refractivity contribution in [3.63, 3.8) is 0 Å². The summed E-state index contributed by atoms with van der Waals surface area (Å²) in [4.78, 5) is 25.5. The van der Waals surface area contributed by atoms with Gasteiger partial charge in [0.15, 0.2) is 11.6 Å². The number of benzene rings is 1. The van der Waals surface area contributed by atoms with Crippen molar-refractivity contribution in [1.82, 2.24) is 24.7 Å². The van der Waals surface area contributed by atoms with Crippen LogP contribution in [0.1, 0.15) is 25.7 Å². The zero-order valence-corrected chi connectivity index (χ0v) is 25.4. The van der Waals surface area contributed by atoms with Gasteiger partial charge in [-0.05, 0) is 55.0 Å². The van der Waals surface area contributed by atoms with E-state index in [0.717, 1.165) is 53.3 Å². The first-order valence-electron chi connectivity index (χ1n) is 14.3. The van der Waals surface area contributed by atoms with Crippen molar-refractivity contribution in [2.45, 2.75) is 31.8 Å². The molecule has 42 heavy (non-hydrogen) atoms. The number of hydrogen-bond donors (Lipinski definition) is 2. The molecule has 2 fully saturated rings. The number of fused-ring (bicyclic) bond motifs is 1. The van der Waals surface area contributed by atoms with Crippen molar-refractivity contribution in [2.75, 3.05) is 70.2 Å². The van der Waals surface area contributed by atoms with Gasteiger partial charge in [-0.25, -0.2) is 23.9 Å². The molecule has 0 saturated carbocycles. The standard InChI is InChI=1S/C28H38N6O6S2/c1-42(37,38)34-13-11-32(12-14-34)19-23-20-33(15-17-40-23)28-26-24(10-18-41-26)29-27(30-28)21-6-8-22(9-7-21)39-16-4-2-3-5-25(35)31-36/h6-10,18,23,36H,2-5,11-17,19-20H2,1H3,(H,31,35). The number of ether oxygens (including phenoxy) is 2. The van der Waals surface area contributed by atoms with Crippen molar-refractivity contribution >= 4 is 43.3 Å². The Bertz CT molecular complexity index is 1440. The minimum Gasteiger partial charge on any atom is -0.494 e. The molecule has 1 unspecified atom stereocenters. The van der Waals surface area contributed by atoms with Gasteiger partial charge in [0, 0.05) is 57.8 Å². The second-order valence-corrected chi connectivity index (χ2v) is 13.5. The molecule has 5 rings (SSSR count). The largest absolute Gasteiger partial charge is 0.494 e. The van der Waals surface area contributed by atoms with E-state index in [1.165, 1.54) is 10.6 Å². The van der Waals surface area contributed by atoms with Crippen LogP contribution in [-0.2, 0) is 19.6 Å². The van der Waals surface area contributed by atoms with E-state index in [1.807, 2.05) is 35.7 Å². The van der Waals surface area contributed by atoms with Crippen molar-refractivity contribution in [3.05, 3.63) is 35.7 Å². The van der Waals surface area contributed by atoms with Crippen LogP contribution in [0.4, 0.5) is 5.82 Å². The Labute approximate surface area is 250 Å². The van der Waals surface area contributed by atoms with Gasteiger partial charge in [0.1, 0.15) is 5.75 Å². The monoisotopic (exact) mass is 618 g/mol. The third kappa shape index (κ3) is 7.94. The Kier molecular flexibility index (Phi) is 10.2. The molecule has 3 aromatic rings. The van der Waals surface area contributed by atoms with Crippen LogP contribution >= 0.6 is 11.3 Å². The van der Waals surface area contributed by atoms with Crippen LogP contribution in [0.2, 0.25) is 0 Å². The normalized spacial score (nSPS) is 18.8. The van der Waals surface area contributed by atoms with Crippen LogP contribution < -0.4 is 15.1 Å². The maximum Gasteiger partial charge on any atom is 0.243 e. The number of hydrogen-bond acceptors (Lipinski definition) is 11. The maximum absolute atomic E-state index is 11.9. The molecule has 228 valence electrons. The van der Waals surface area contributed by atoms with Crippen LogP contribution in [0.3, 0.4) is 0 Å². The number of unbranched alkanes of at least 4 members (excludes halogenated alkanes) is 2. The molecule has 12 nitrogen and oxygen atoms in total. The molecule has 2 N–H and O–H groups in total. The highest BCUT2D eigenvalue weighted by atomic mass is 32.2. The van der Waals surface area contributed by atoms with Crippen molar-refractivity contribution in [2.24, 2.45) is 0 Å². The van der Waals surface area contributed by atoms with Gasteiger partial charge in [-0.1, -0.05) is 0 Å². The minimum atomic E-state index is -3.15. The lowest BCUT2D eigenvalue weighted by molar-refractivity contribution is -0.129. The SMILES string of the molecule is CS(=O)(=O)N1CCN(CC2CN(c3nc(-c4ccc(OCCCCCC(=O)NO)cc4)nc4ccsc34)CCO2)CC1. The van der Waals surface area contributed by atoms with E-state index >= 15 is 0 Å². The van der Waals surface area contributed by atoms with Gasteiger partial charge >= 0.3 is 0 Å². The van der Waals surface area contributed by atoms with Gasteiger partial charge in [0.05, 0.1) is 35.8 Å². The summed E-state index contributed by atoms with van der Waals surface area (Å²) in [5, 5.41) is 10.6. The van der Waals surface area contributed by atoms with Gasteiger partial charge in [-0.2, -0.15) is 4.31 Å². The van der Waals surface area contributed by atoms with E-state index in [-0.39, 0.29) is 12.0 Å². The van der Waals surface area contributed by atoms with Gasteiger partial charge < -0.3 is 14.4 Å². The third-order valence-electron chi connectivity index (χ3n) is 7.54. The number of thiophene rings is 1. The van der Waals surface area contributed by atoms with Crippen molar-refractivity contribution in [3.8, 4) is 17.1 Å². The molecule has 4 heterocycles. The van der Waals surface area contributed by atoms with Crippen LogP contribution in [0.15, 0.2) is 35.7 Å². The first kappa shape index (κ1) is 30.6. The Morgan fingerprint density at radius 3 is 2.62 bits per heavy atom. The van der Waals surface area contributed by atoms with Gasteiger partial charge in [0.2, 0.25) is 15.9 Å². The highest BCUT2D eigenvalue weighted by Crippen LogP contribution is 2.33. The summed E-state index contributed by atoms with van der Waals surface area (Å²) >= 11 is 1.64. The summed E-state index contributed by atoms with van der Waals surface area (Å²) in [5.41, 5.74) is 3.46. The molecular weight excluding hydrogens is 580 g/mol. The van der Waals surface area contributed by atoms with Gasteiger partial charge in [-0.15, -0.1) is 11.3 Å². The summed E-state index contributed by atoms with van der Waals surface area (Å²) < 4.78 is 38.3. The van der Waals surface area contributed by atoms with Gasteiger partial charge in [-0.3, -0.25) is 14.9 Å². The number of hydroxylamine groups is 1. The number of morpholine rings is 1. The summed E-state index contributed by atoms with van der Waals surface area (Å²) in [7, 11) is -3.15. The number of nitrogens with zero attached hydrogens (tertiary/aromatic N) is 5. The second-order valence-electron chi connectivity index (χ2n) is 10.6. The molecule has 1 aromatic carbocycles. The zero-order valence-electron chi connectivity index (χ0n) is 23.8. The number of nitrogens with one attached hydrogen (secondary N) is 1. The summed E-state index contributed by atoms with van der Waals surface area (Å²) in [6.07, 6.45) is 3.93. The van der Waals surface area contributed by atoms with E-state index in [0.29, 0.717) is 64.6 Å². The Balaban J connectivity index is 1.20. The molecule has 1 amide bonds. The van der Waals surface area contributed by atoms with E-state index in [9.17, 15) is 13.2 Å². The highest BCUT2D eigenvalue weighted by Gasteiger charge is 2.29. The molecule has 14 heteroatoms. The van der Waals surface area contributed by atoms with Crippen molar-refractivity contribution < 1.29 is 27.9 Å². The zero-order chi connectivity index (χ0) is 29.5. The lowest BCUT2D eigenvalue weighted by Gasteiger charge is -2.39. The average molecular weight is 619 g/mol. The number of rotatable bonds is 12. The molecule has 1 atom stereocenters. The molecule has 2 aliphatic rings. The van der Waals surface area contributed by atoms with Crippen molar-refractivity contribution in [1.29, 1.82) is 0 Å². The fraction of sp³-hybridized carbons (Fsp3) is 0.536. The quantitative estimate of drug-likeness (QED) is 0.177. The topological polar surface area (TPSA) is 137 Å². The van der Waals surface area contributed by atoms with Gasteiger partial charge in [0.25, 0.3) is 0 Å². The summed E-state index contributed by atoms with van der Waals surface area (Å²) in [6.45, 7) is 5.75. The Hall–Kier alpha value is -2.88. The van der Waals surface area contributed by atoms with Crippen LogP contribution in [0, 0.1) is 0 Å². The first-order chi connectivity index (χ1) is 20.3. The smallest absolute Gasteiger partial charge is 0.243 e. The predicted molar refractivity (Wildman–Crippen MR) is 162 cm³/mol. The van der Waals surface area contributed by atoms with Crippen LogP contribution in [0.5, 0.6) is 5.75 Å². The number of amides is 1. The molecule has 2 aliphatic heterocycles. The molecule has 2 saturated heterocycles. The number of carbonyl (C=O) groups is 1. The molecule has 0 spiro atoms. The lowest BCUT2D eigenvalue weighted by Crippen LogP contribution is -2.53.